The van der Waals surface area contributed by atoms with Gasteiger partial charge in [0.25, 0.3) is 11.8 Å². The van der Waals surface area contributed by atoms with Crippen molar-refractivity contribution < 1.29 is 18.3 Å². The lowest BCUT2D eigenvalue weighted by molar-refractivity contribution is -0.124. The number of benzene rings is 1. The summed E-state index contributed by atoms with van der Waals surface area (Å²) >= 11 is 0. The van der Waals surface area contributed by atoms with Gasteiger partial charge in [0.15, 0.2) is 0 Å². The largest absolute Gasteiger partial charge is 0.376 e. The number of carbonyl (C=O) groups excluding carboxylic acids is 1. The molecule has 0 saturated carbocycles. The maximum Gasteiger partial charge on any atom is 0.274 e. The fourth-order valence-electron chi connectivity index (χ4n) is 2.92. The molecule has 0 bridgehead atoms. The summed E-state index contributed by atoms with van der Waals surface area (Å²) in [6.45, 7) is 0.185. The third kappa shape index (κ3) is 4.22. The predicted molar refractivity (Wildman–Crippen MR) is 88.3 cm³/mol. The molecule has 2 aromatic rings. The first-order chi connectivity index (χ1) is 12.0. The minimum atomic E-state index is -2.84. The van der Waals surface area contributed by atoms with Gasteiger partial charge in [0, 0.05) is 32.8 Å². The van der Waals surface area contributed by atoms with Crippen molar-refractivity contribution in [3.63, 3.8) is 0 Å². The molecule has 2 heterocycles. The molecule has 1 amide bonds. The zero-order valence-corrected chi connectivity index (χ0v) is 14.1. The van der Waals surface area contributed by atoms with Crippen molar-refractivity contribution in [2.45, 2.75) is 19.0 Å². The number of nitrogens with zero attached hydrogens (tertiary/aromatic N) is 3. The van der Waals surface area contributed by atoms with E-state index in [1.165, 1.54) is 9.58 Å². The second-order valence-corrected chi connectivity index (χ2v) is 6.33. The molecule has 1 aliphatic rings. The molecule has 1 unspecified atom stereocenters. The molecular weight excluding hydrogens is 328 g/mol. The number of rotatable bonds is 5. The van der Waals surface area contributed by atoms with Crippen LogP contribution in [0.25, 0.3) is 0 Å². The first-order valence-electron chi connectivity index (χ1n) is 8.24. The maximum absolute atomic E-state index is 14.2. The average Bonchev–Trinajstić information content (AvgIpc) is 3.03. The van der Waals surface area contributed by atoms with Gasteiger partial charge in [-0.15, -0.1) is 0 Å². The van der Waals surface area contributed by atoms with E-state index in [0.29, 0.717) is 0 Å². The van der Waals surface area contributed by atoms with Crippen LogP contribution in [-0.4, -0.2) is 46.2 Å². The highest BCUT2D eigenvalue weighted by Crippen LogP contribution is 2.34. The molecule has 5 nitrogen and oxygen atoms in total. The van der Waals surface area contributed by atoms with Gasteiger partial charge in [0.1, 0.15) is 5.69 Å². The number of aryl methyl sites for hydroxylation is 1. The van der Waals surface area contributed by atoms with Gasteiger partial charge < -0.3 is 9.64 Å². The highest BCUT2D eigenvalue weighted by Gasteiger charge is 2.45. The van der Waals surface area contributed by atoms with Gasteiger partial charge in [-0.1, -0.05) is 30.3 Å². The molecule has 0 N–H and O–H groups in total. The third-order valence-corrected chi connectivity index (χ3v) is 4.40. The summed E-state index contributed by atoms with van der Waals surface area (Å²) in [6.07, 6.45) is 1.30. The lowest BCUT2D eigenvalue weighted by Gasteiger charge is -2.38. The second kappa shape index (κ2) is 7.31. The van der Waals surface area contributed by atoms with E-state index in [1.807, 2.05) is 30.3 Å². The van der Waals surface area contributed by atoms with Crippen LogP contribution in [0.1, 0.15) is 22.5 Å². The van der Waals surface area contributed by atoms with Gasteiger partial charge in [-0.2, -0.15) is 5.10 Å². The Balaban J connectivity index is 1.60. The van der Waals surface area contributed by atoms with E-state index in [1.54, 1.807) is 19.3 Å². The number of alkyl halides is 2. The summed E-state index contributed by atoms with van der Waals surface area (Å²) in [4.78, 5) is 13.9. The fourth-order valence-corrected chi connectivity index (χ4v) is 2.92. The van der Waals surface area contributed by atoms with E-state index < -0.39 is 11.8 Å². The van der Waals surface area contributed by atoms with E-state index in [9.17, 15) is 13.6 Å². The molecule has 0 spiro atoms. The Morgan fingerprint density at radius 3 is 2.76 bits per heavy atom. The van der Waals surface area contributed by atoms with Gasteiger partial charge in [-0.3, -0.25) is 9.48 Å². The Morgan fingerprint density at radius 2 is 2.08 bits per heavy atom. The lowest BCUT2D eigenvalue weighted by atomic mass is 9.94. The van der Waals surface area contributed by atoms with Crippen LogP contribution >= 0.6 is 0 Å². The molecule has 134 valence electrons. The summed E-state index contributed by atoms with van der Waals surface area (Å²) in [5.74, 6) is -4.17. The Kier molecular flexibility index (Phi) is 5.13. The Labute approximate surface area is 145 Å². The average molecular weight is 349 g/mol. The van der Waals surface area contributed by atoms with E-state index in [2.05, 4.69) is 5.10 Å². The van der Waals surface area contributed by atoms with Crippen molar-refractivity contribution in [1.82, 2.24) is 14.7 Å². The maximum atomic E-state index is 14.2. The van der Waals surface area contributed by atoms with Crippen LogP contribution in [0.4, 0.5) is 8.78 Å². The molecule has 1 atom stereocenters. The summed E-state index contributed by atoms with van der Waals surface area (Å²) in [6, 6.07) is 11.0. The molecule has 0 radical (unpaired) electrons. The van der Waals surface area contributed by atoms with Crippen molar-refractivity contribution in [3.05, 3.63) is 53.9 Å². The normalized spacial score (nSPS) is 19.8. The molecule has 1 saturated heterocycles. The Bertz CT molecular complexity index is 718. The van der Waals surface area contributed by atoms with Gasteiger partial charge in [-0.05, 0) is 11.6 Å². The second-order valence-electron chi connectivity index (χ2n) is 6.33. The van der Waals surface area contributed by atoms with Gasteiger partial charge in [0.2, 0.25) is 0 Å². The molecule has 1 fully saturated rings. The molecule has 25 heavy (non-hydrogen) atoms. The zero-order chi connectivity index (χ0) is 17.9. The Morgan fingerprint density at radius 1 is 1.32 bits per heavy atom. The molecular formula is C18H21F2N3O2. The third-order valence-electron chi connectivity index (χ3n) is 4.40. The van der Waals surface area contributed by atoms with E-state index in [0.717, 1.165) is 5.56 Å². The highest BCUT2D eigenvalue weighted by atomic mass is 19.3. The summed E-state index contributed by atoms with van der Waals surface area (Å²) in [5.41, 5.74) is 1.21. The number of carbonyl (C=O) groups is 1. The van der Waals surface area contributed by atoms with Gasteiger partial charge in [0.05, 0.1) is 19.1 Å². The van der Waals surface area contributed by atoms with Gasteiger partial charge in [-0.25, -0.2) is 8.78 Å². The number of amides is 1. The summed E-state index contributed by atoms with van der Waals surface area (Å²) < 4.78 is 35.4. The van der Waals surface area contributed by atoms with Crippen LogP contribution in [0.3, 0.4) is 0 Å². The number of ether oxygens (including phenoxy) is 1. The van der Waals surface area contributed by atoms with Crippen LogP contribution < -0.4 is 0 Å². The number of likely N-dealkylation sites (tertiary alicyclic amines) is 1. The standard InChI is InChI=1S/C18H21F2N3O2/c1-22-9-7-16(21-22)17(24)23-10-8-18(19,20)15(11-23)13-25-12-14-5-3-2-4-6-14/h2-7,9,15H,8,10-13H2,1H3. The zero-order valence-electron chi connectivity index (χ0n) is 14.1. The first-order valence-corrected chi connectivity index (χ1v) is 8.24. The number of piperidine rings is 1. The van der Waals surface area contributed by atoms with Crippen LogP contribution in [0.5, 0.6) is 0 Å². The fraction of sp³-hybridized carbons (Fsp3) is 0.444. The molecule has 0 aliphatic carbocycles. The van der Waals surface area contributed by atoms with Gasteiger partial charge >= 0.3 is 0 Å². The van der Waals surface area contributed by atoms with Crippen molar-refractivity contribution in [1.29, 1.82) is 0 Å². The number of hydrogen-bond acceptors (Lipinski definition) is 3. The minimum absolute atomic E-state index is 0.0254. The topological polar surface area (TPSA) is 47.4 Å². The van der Waals surface area contributed by atoms with Crippen LogP contribution in [0.2, 0.25) is 0 Å². The van der Waals surface area contributed by atoms with E-state index in [-0.39, 0.29) is 44.3 Å². The predicted octanol–water partition coefficient (Wildman–Crippen LogP) is 2.73. The van der Waals surface area contributed by atoms with Crippen LogP contribution in [-0.2, 0) is 18.4 Å². The molecule has 7 heteroatoms. The minimum Gasteiger partial charge on any atom is -0.376 e. The summed E-state index contributed by atoms with van der Waals surface area (Å²) in [5, 5.41) is 4.06. The van der Waals surface area contributed by atoms with Crippen molar-refractivity contribution in [3.8, 4) is 0 Å². The van der Waals surface area contributed by atoms with E-state index >= 15 is 0 Å². The van der Waals surface area contributed by atoms with Crippen LogP contribution in [0.15, 0.2) is 42.6 Å². The number of aromatic nitrogens is 2. The molecule has 1 aliphatic heterocycles. The van der Waals surface area contributed by atoms with Crippen molar-refractivity contribution in [2.24, 2.45) is 13.0 Å². The monoisotopic (exact) mass is 349 g/mol. The van der Waals surface area contributed by atoms with Crippen molar-refractivity contribution >= 4 is 5.91 Å². The van der Waals surface area contributed by atoms with E-state index in [4.69, 9.17) is 4.74 Å². The first kappa shape index (κ1) is 17.5. The smallest absolute Gasteiger partial charge is 0.274 e. The summed E-state index contributed by atoms with van der Waals surface area (Å²) in [7, 11) is 1.71. The molecule has 1 aromatic carbocycles. The lowest BCUT2D eigenvalue weighted by Crippen LogP contribution is -2.51. The highest BCUT2D eigenvalue weighted by molar-refractivity contribution is 5.92. The van der Waals surface area contributed by atoms with Crippen molar-refractivity contribution in [2.75, 3.05) is 19.7 Å². The van der Waals surface area contributed by atoms with Crippen LogP contribution in [0, 0.1) is 5.92 Å². The molecule has 3 rings (SSSR count). The number of hydrogen-bond donors (Lipinski definition) is 0. The quantitative estimate of drug-likeness (QED) is 0.834. The number of halogens is 2. The Hall–Kier alpha value is -2.28. The SMILES string of the molecule is Cn1ccc(C(=O)N2CCC(F)(F)C(COCc3ccccc3)C2)n1. The molecule has 1 aromatic heterocycles.